The van der Waals surface area contributed by atoms with Crippen molar-refractivity contribution in [3.63, 3.8) is 0 Å². The van der Waals surface area contributed by atoms with Crippen LogP contribution in [-0.4, -0.2) is 4.57 Å². The fraction of sp³-hybridized carbons (Fsp3) is 0.389. The van der Waals surface area contributed by atoms with Crippen molar-refractivity contribution in [1.29, 1.82) is 0 Å². The third-order valence-electron chi connectivity index (χ3n) is 2.08. The van der Waals surface area contributed by atoms with Gasteiger partial charge in [-0.1, -0.05) is 71.9 Å². The summed E-state index contributed by atoms with van der Waals surface area (Å²) in [5, 5.41) is 0. The SMILES string of the molecule is CC.CC.CC.O=c1ccccn1C1=CCC=CC=C1. The van der Waals surface area contributed by atoms with Crippen molar-refractivity contribution in [3.05, 3.63) is 65.1 Å². The fourth-order valence-corrected chi connectivity index (χ4v) is 1.39. The summed E-state index contributed by atoms with van der Waals surface area (Å²) in [6.07, 6.45) is 12.6. The molecule has 0 saturated heterocycles. The van der Waals surface area contributed by atoms with Crippen molar-refractivity contribution in [2.45, 2.75) is 48.0 Å². The Kier molecular flexibility index (Phi) is 15.6. The summed E-state index contributed by atoms with van der Waals surface area (Å²) in [6.45, 7) is 12.0. The summed E-state index contributed by atoms with van der Waals surface area (Å²) in [4.78, 5) is 11.5. The van der Waals surface area contributed by atoms with Gasteiger partial charge in [-0.15, -0.1) is 0 Å². The average Bonchev–Trinajstić information content (AvgIpc) is 2.83. The molecule has 2 heteroatoms. The Balaban J connectivity index is 0. The number of hydrogen-bond donors (Lipinski definition) is 0. The normalized spacial score (nSPS) is 11.4. The van der Waals surface area contributed by atoms with E-state index in [1.807, 2.05) is 71.9 Å². The van der Waals surface area contributed by atoms with Crippen LogP contribution >= 0.6 is 0 Å². The Morgan fingerprint density at radius 2 is 1.60 bits per heavy atom. The molecule has 1 aromatic heterocycles. The van der Waals surface area contributed by atoms with Gasteiger partial charge >= 0.3 is 0 Å². The molecule has 1 aliphatic rings. The molecule has 0 amide bonds. The zero-order valence-corrected chi connectivity index (χ0v) is 13.8. The van der Waals surface area contributed by atoms with Gasteiger partial charge in [0.2, 0.25) is 0 Å². The summed E-state index contributed by atoms with van der Waals surface area (Å²) >= 11 is 0. The van der Waals surface area contributed by atoms with E-state index in [-0.39, 0.29) is 5.56 Å². The molecule has 0 N–H and O–H groups in total. The molecule has 1 aliphatic carbocycles. The lowest BCUT2D eigenvalue weighted by atomic mass is 10.3. The molecule has 1 aromatic rings. The molecule has 112 valence electrons. The molecule has 0 saturated carbocycles. The van der Waals surface area contributed by atoms with Crippen molar-refractivity contribution in [3.8, 4) is 0 Å². The van der Waals surface area contributed by atoms with Gasteiger partial charge in [0.1, 0.15) is 0 Å². The fourth-order valence-electron chi connectivity index (χ4n) is 1.39. The predicted octanol–water partition coefficient (Wildman–Crippen LogP) is 5.28. The van der Waals surface area contributed by atoms with Crippen LogP contribution in [0.5, 0.6) is 0 Å². The first-order chi connectivity index (χ1) is 9.88. The van der Waals surface area contributed by atoms with E-state index in [4.69, 9.17) is 0 Å². The summed E-state index contributed by atoms with van der Waals surface area (Å²) < 4.78 is 1.64. The minimum atomic E-state index is 0.00491. The average molecular weight is 275 g/mol. The molecule has 2 rings (SSSR count). The molecule has 0 aromatic carbocycles. The highest BCUT2D eigenvalue weighted by Gasteiger charge is 1.98. The number of aromatic nitrogens is 1. The minimum Gasteiger partial charge on any atom is -0.285 e. The third kappa shape index (κ3) is 7.57. The third-order valence-corrected chi connectivity index (χ3v) is 2.08. The largest absolute Gasteiger partial charge is 0.285 e. The first kappa shape index (κ1) is 20.5. The van der Waals surface area contributed by atoms with E-state index in [0.717, 1.165) is 12.1 Å². The van der Waals surface area contributed by atoms with Gasteiger partial charge in [-0.2, -0.15) is 0 Å². The van der Waals surface area contributed by atoms with E-state index in [0.29, 0.717) is 0 Å². The Morgan fingerprint density at radius 3 is 2.20 bits per heavy atom. The molecule has 0 bridgehead atoms. The highest BCUT2D eigenvalue weighted by Crippen LogP contribution is 2.08. The minimum absolute atomic E-state index is 0.00491. The molecule has 20 heavy (non-hydrogen) atoms. The maximum atomic E-state index is 11.5. The van der Waals surface area contributed by atoms with Gasteiger partial charge in [-0.05, 0) is 18.6 Å². The van der Waals surface area contributed by atoms with Crippen LogP contribution in [0, 0.1) is 0 Å². The maximum Gasteiger partial charge on any atom is 0.255 e. The Hall–Kier alpha value is -1.83. The highest BCUT2D eigenvalue weighted by molar-refractivity contribution is 5.58. The van der Waals surface area contributed by atoms with Crippen LogP contribution in [0.3, 0.4) is 0 Å². The smallest absolute Gasteiger partial charge is 0.255 e. The zero-order valence-electron chi connectivity index (χ0n) is 13.8. The lowest BCUT2D eigenvalue weighted by molar-refractivity contribution is 1.02. The van der Waals surface area contributed by atoms with Gasteiger partial charge in [0.15, 0.2) is 0 Å². The standard InChI is InChI=1S/C12H11NO.3C2H6/c14-12-9-5-6-10-13(12)11-7-3-1-2-4-8-11;3*1-2/h1-3,5-10H,4H2;3*1-2H3. The number of pyridine rings is 1. The van der Waals surface area contributed by atoms with Crippen molar-refractivity contribution in [2.24, 2.45) is 0 Å². The van der Waals surface area contributed by atoms with E-state index >= 15 is 0 Å². The Bertz CT molecular complexity index is 464. The van der Waals surface area contributed by atoms with E-state index in [2.05, 4.69) is 6.08 Å². The lowest BCUT2D eigenvalue weighted by Gasteiger charge is -2.04. The quantitative estimate of drug-likeness (QED) is 0.683. The monoisotopic (exact) mass is 275 g/mol. The first-order valence-electron chi connectivity index (χ1n) is 7.59. The number of allylic oxidation sites excluding steroid dienone is 6. The molecule has 0 spiro atoms. The van der Waals surface area contributed by atoms with Crippen molar-refractivity contribution < 1.29 is 0 Å². The van der Waals surface area contributed by atoms with E-state index in [1.165, 1.54) is 0 Å². The second kappa shape index (κ2) is 15.2. The van der Waals surface area contributed by atoms with E-state index in [9.17, 15) is 4.79 Å². The lowest BCUT2D eigenvalue weighted by Crippen LogP contribution is -2.15. The van der Waals surface area contributed by atoms with Gasteiger partial charge in [-0.3, -0.25) is 9.36 Å². The van der Waals surface area contributed by atoms with Crippen LogP contribution in [0.15, 0.2) is 59.6 Å². The van der Waals surface area contributed by atoms with Crippen molar-refractivity contribution >= 4 is 5.70 Å². The molecule has 0 radical (unpaired) electrons. The Morgan fingerprint density at radius 1 is 0.950 bits per heavy atom. The van der Waals surface area contributed by atoms with E-state index in [1.54, 1.807) is 22.9 Å². The molecule has 1 heterocycles. The van der Waals surface area contributed by atoms with Crippen LogP contribution in [0.2, 0.25) is 0 Å². The molecule has 0 unspecified atom stereocenters. The molecule has 2 nitrogen and oxygen atoms in total. The van der Waals surface area contributed by atoms with Gasteiger partial charge in [0, 0.05) is 18.0 Å². The molecule has 0 fully saturated rings. The molecule has 0 atom stereocenters. The number of rotatable bonds is 1. The molecule has 0 aliphatic heterocycles. The molecular weight excluding hydrogens is 246 g/mol. The highest BCUT2D eigenvalue weighted by atomic mass is 16.1. The van der Waals surface area contributed by atoms with Crippen LogP contribution in [0.1, 0.15) is 48.0 Å². The summed E-state index contributed by atoms with van der Waals surface area (Å²) in [7, 11) is 0. The number of hydrogen-bond acceptors (Lipinski definition) is 1. The van der Waals surface area contributed by atoms with Crippen LogP contribution in [0.4, 0.5) is 0 Å². The van der Waals surface area contributed by atoms with Crippen LogP contribution in [0.25, 0.3) is 5.70 Å². The predicted molar refractivity (Wildman–Crippen MR) is 91.9 cm³/mol. The summed E-state index contributed by atoms with van der Waals surface area (Å²) in [5.74, 6) is 0. The maximum absolute atomic E-state index is 11.5. The first-order valence-corrected chi connectivity index (χ1v) is 7.59. The van der Waals surface area contributed by atoms with Gasteiger partial charge in [-0.25, -0.2) is 0 Å². The van der Waals surface area contributed by atoms with E-state index < -0.39 is 0 Å². The topological polar surface area (TPSA) is 22.0 Å². The number of nitrogens with zero attached hydrogens (tertiary/aromatic N) is 1. The second-order valence-corrected chi connectivity index (χ2v) is 3.06. The summed E-state index contributed by atoms with van der Waals surface area (Å²) in [6, 6.07) is 5.17. The summed E-state index contributed by atoms with van der Waals surface area (Å²) in [5.41, 5.74) is 0.936. The van der Waals surface area contributed by atoms with Gasteiger partial charge in [0.25, 0.3) is 5.56 Å². The second-order valence-electron chi connectivity index (χ2n) is 3.06. The molecular formula is C18H29NO. The van der Waals surface area contributed by atoms with Crippen LogP contribution in [-0.2, 0) is 0 Å². The van der Waals surface area contributed by atoms with Crippen molar-refractivity contribution in [1.82, 2.24) is 4.57 Å². The van der Waals surface area contributed by atoms with Crippen molar-refractivity contribution in [2.75, 3.05) is 0 Å². The zero-order chi connectivity index (χ0) is 15.8. The van der Waals surface area contributed by atoms with Gasteiger partial charge in [0.05, 0.1) is 0 Å². The van der Waals surface area contributed by atoms with Gasteiger partial charge < -0.3 is 0 Å². The van der Waals surface area contributed by atoms with Crippen LogP contribution < -0.4 is 5.56 Å². The Labute approximate surface area is 124 Å².